The first-order chi connectivity index (χ1) is 38.0. The van der Waals surface area contributed by atoms with Crippen LogP contribution in [-0.2, 0) is 28.6 Å². The summed E-state index contributed by atoms with van der Waals surface area (Å²) in [5.41, 5.74) is 0. The topological polar surface area (TPSA) is 78.9 Å². The second-order valence-corrected chi connectivity index (χ2v) is 22.0. The van der Waals surface area contributed by atoms with E-state index in [0.717, 1.165) is 96.3 Å². The summed E-state index contributed by atoms with van der Waals surface area (Å²) in [6.45, 7) is 6.54. The van der Waals surface area contributed by atoms with E-state index in [-0.39, 0.29) is 31.1 Å². The summed E-state index contributed by atoms with van der Waals surface area (Å²) in [6, 6.07) is 0. The Hall–Kier alpha value is -3.41. The number of esters is 3. The molecule has 444 valence electrons. The molecule has 0 heterocycles. The van der Waals surface area contributed by atoms with Crippen molar-refractivity contribution in [2.75, 3.05) is 13.2 Å². The van der Waals surface area contributed by atoms with Crippen LogP contribution in [0.1, 0.15) is 329 Å². The average molecular weight is 1070 g/mol. The number of hydrogen-bond acceptors (Lipinski definition) is 6. The fraction of sp³-hybridized carbons (Fsp3) is 0.761. The lowest BCUT2D eigenvalue weighted by Crippen LogP contribution is -2.30. The van der Waals surface area contributed by atoms with E-state index in [9.17, 15) is 14.4 Å². The van der Waals surface area contributed by atoms with Crippen molar-refractivity contribution in [3.63, 3.8) is 0 Å². The highest BCUT2D eigenvalue weighted by molar-refractivity contribution is 5.71. The van der Waals surface area contributed by atoms with Crippen molar-refractivity contribution in [1.29, 1.82) is 0 Å². The lowest BCUT2D eigenvalue weighted by molar-refractivity contribution is -0.167. The normalized spacial score (nSPS) is 12.6. The Labute approximate surface area is 477 Å². The smallest absolute Gasteiger partial charge is 0.306 e. The van der Waals surface area contributed by atoms with Gasteiger partial charge < -0.3 is 14.2 Å². The maximum absolute atomic E-state index is 12.9. The zero-order chi connectivity index (χ0) is 55.7. The van der Waals surface area contributed by atoms with Gasteiger partial charge in [0.1, 0.15) is 13.2 Å². The van der Waals surface area contributed by atoms with Crippen molar-refractivity contribution >= 4 is 17.9 Å². The molecule has 0 bridgehead atoms. The van der Waals surface area contributed by atoms with E-state index in [0.29, 0.717) is 19.3 Å². The SMILES string of the molecule is CC/C=C\C/C=C\C/C=C\C/C=C\CCCCCCCCCCCCC(=O)OC(COC(=O)CCCCCCCCCCCCC)COC(=O)CCCCCCCCCCCC/C=C\C/C=C\C/C=C\CCCCCCC. The third-order valence-electron chi connectivity index (χ3n) is 14.4. The molecular formula is C71H124O6. The summed E-state index contributed by atoms with van der Waals surface area (Å²) in [5.74, 6) is -0.872. The monoisotopic (exact) mass is 1070 g/mol. The fourth-order valence-electron chi connectivity index (χ4n) is 9.44. The van der Waals surface area contributed by atoms with Crippen LogP contribution in [0.3, 0.4) is 0 Å². The van der Waals surface area contributed by atoms with Gasteiger partial charge in [-0.15, -0.1) is 0 Å². The molecule has 0 aliphatic rings. The molecule has 0 aliphatic heterocycles. The number of hydrogen-bond donors (Lipinski definition) is 0. The molecule has 0 radical (unpaired) electrons. The Morgan fingerprint density at radius 3 is 0.792 bits per heavy atom. The van der Waals surface area contributed by atoms with Crippen molar-refractivity contribution in [3.8, 4) is 0 Å². The summed E-state index contributed by atoms with van der Waals surface area (Å²) < 4.78 is 16.9. The maximum atomic E-state index is 12.9. The summed E-state index contributed by atoms with van der Waals surface area (Å²) in [4.78, 5) is 38.3. The molecule has 6 nitrogen and oxygen atoms in total. The zero-order valence-electron chi connectivity index (χ0n) is 51.0. The van der Waals surface area contributed by atoms with Crippen LogP contribution < -0.4 is 0 Å². The van der Waals surface area contributed by atoms with E-state index in [1.54, 1.807) is 0 Å². The van der Waals surface area contributed by atoms with Crippen molar-refractivity contribution in [1.82, 2.24) is 0 Å². The molecule has 77 heavy (non-hydrogen) atoms. The maximum Gasteiger partial charge on any atom is 0.306 e. The third kappa shape index (κ3) is 63.3. The summed E-state index contributed by atoms with van der Waals surface area (Å²) in [5, 5.41) is 0. The van der Waals surface area contributed by atoms with Crippen LogP contribution in [0.15, 0.2) is 85.1 Å². The van der Waals surface area contributed by atoms with Gasteiger partial charge in [-0.2, -0.15) is 0 Å². The minimum Gasteiger partial charge on any atom is -0.462 e. The standard InChI is InChI=1S/C71H124O6/c1-4-7-10-13-16-19-22-24-26-28-30-32-34-35-37-38-40-42-44-46-49-52-55-58-61-64-70(73)76-67-68(66-75-69(72)63-60-57-54-51-48-21-18-15-12-9-6-3)77-71(74)65-62-59-56-53-50-47-45-43-41-39-36-33-31-29-27-25-23-20-17-14-11-8-5-2/h8,11,17,20,22,24-25,27-28,30-31,33-35,68H,4-7,9-10,12-16,18-19,21,23,26,29,32,36-67H2,1-3H3/b11-8-,20-17-,24-22-,27-25-,30-28-,33-31-,35-34-. The molecule has 0 amide bonds. The molecule has 0 saturated heterocycles. The van der Waals surface area contributed by atoms with Crippen molar-refractivity contribution in [3.05, 3.63) is 85.1 Å². The highest BCUT2D eigenvalue weighted by atomic mass is 16.6. The Bertz CT molecular complexity index is 1470. The molecule has 0 N–H and O–H groups in total. The molecule has 1 atom stereocenters. The van der Waals surface area contributed by atoms with Gasteiger partial charge in [-0.3, -0.25) is 14.4 Å². The molecule has 6 heteroatoms. The average Bonchev–Trinajstić information content (AvgIpc) is 3.43. The number of carbonyl (C=O) groups is 3. The van der Waals surface area contributed by atoms with E-state index >= 15 is 0 Å². The molecule has 0 spiro atoms. The summed E-state index contributed by atoms with van der Waals surface area (Å²) in [7, 11) is 0. The van der Waals surface area contributed by atoms with Gasteiger partial charge in [0, 0.05) is 19.3 Å². The molecule has 0 saturated carbocycles. The van der Waals surface area contributed by atoms with Crippen molar-refractivity contribution in [2.24, 2.45) is 0 Å². The lowest BCUT2D eigenvalue weighted by atomic mass is 10.0. The largest absolute Gasteiger partial charge is 0.462 e. The molecule has 1 unspecified atom stereocenters. The Kier molecular flexibility index (Phi) is 62.2. The number of rotatable bonds is 60. The van der Waals surface area contributed by atoms with Crippen molar-refractivity contribution < 1.29 is 28.6 Å². The van der Waals surface area contributed by atoms with Gasteiger partial charge in [0.15, 0.2) is 6.10 Å². The minimum atomic E-state index is -0.780. The molecule has 0 aromatic heterocycles. The Balaban J connectivity index is 4.27. The van der Waals surface area contributed by atoms with Gasteiger partial charge in [0.2, 0.25) is 0 Å². The van der Waals surface area contributed by atoms with E-state index in [4.69, 9.17) is 14.2 Å². The van der Waals surface area contributed by atoms with Crippen LogP contribution in [-0.4, -0.2) is 37.2 Å². The van der Waals surface area contributed by atoms with E-state index in [1.165, 1.54) is 193 Å². The third-order valence-corrected chi connectivity index (χ3v) is 14.4. The van der Waals surface area contributed by atoms with E-state index in [1.807, 2.05) is 0 Å². The molecule has 0 aromatic rings. The van der Waals surface area contributed by atoms with Gasteiger partial charge in [0.05, 0.1) is 0 Å². The van der Waals surface area contributed by atoms with Crippen LogP contribution in [0.25, 0.3) is 0 Å². The highest BCUT2D eigenvalue weighted by Crippen LogP contribution is 2.17. The van der Waals surface area contributed by atoms with E-state index in [2.05, 4.69) is 106 Å². The highest BCUT2D eigenvalue weighted by Gasteiger charge is 2.19. The van der Waals surface area contributed by atoms with Crippen LogP contribution in [0.5, 0.6) is 0 Å². The van der Waals surface area contributed by atoms with Crippen LogP contribution in [0.4, 0.5) is 0 Å². The first-order valence-electron chi connectivity index (χ1n) is 33.1. The second kappa shape index (κ2) is 65.1. The molecule has 0 aromatic carbocycles. The Morgan fingerprint density at radius 2 is 0.506 bits per heavy atom. The van der Waals surface area contributed by atoms with Gasteiger partial charge >= 0.3 is 17.9 Å². The Morgan fingerprint density at radius 1 is 0.273 bits per heavy atom. The van der Waals surface area contributed by atoms with Gasteiger partial charge in [-0.25, -0.2) is 0 Å². The predicted octanol–water partition coefficient (Wildman–Crippen LogP) is 22.7. The number of unbranched alkanes of at least 4 members (excludes halogenated alkanes) is 35. The first-order valence-corrected chi connectivity index (χ1v) is 33.1. The number of ether oxygens (including phenoxy) is 3. The first kappa shape index (κ1) is 73.6. The predicted molar refractivity (Wildman–Crippen MR) is 334 cm³/mol. The quantitative estimate of drug-likeness (QED) is 0.0261. The summed E-state index contributed by atoms with van der Waals surface area (Å²) in [6.07, 6.45) is 85.9. The second-order valence-electron chi connectivity index (χ2n) is 22.0. The van der Waals surface area contributed by atoms with Gasteiger partial charge in [-0.05, 0) is 96.3 Å². The van der Waals surface area contributed by atoms with Crippen LogP contribution in [0.2, 0.25) is 0 Å². The fourth-order valence-corrected chi connectivity index (χ4v) is 9.44. The molecule has 0 fully saturated rings. The minimum absolute atomic E-state index is 0.0764. The lowest BCUT2D eigenvalue weighted by Gasteiger charge is -2.18. The van der Waals surface area contributed by atoms with E-state index < -0.39 is 6.10 Å². The molecular weight excluding hydrogens is 949 g/mol. The van der Waals surface area contributed by atoms with Crippen LogP contribution >= 0.6 is 0 Å². The van der Waals surface area contributed by atoms with Gasteiger partial charge in [-0.1, -0.05) is 298 Å². The van der Waals surface area contributed by atoms with Crippen LogP contribution in [0, 0.1) is 0 Å². The van der Waals surface area contributed by atoms with Crippen molar-refractivity contribution in [2.45, 2.75) is 335 Å². The zero-order valence-corrected chi connectivity index (χ0v) is 51.0. The summed E-state index contributed by atoms with van der Waals surface area (Å²) >= 11 is 0. The number of allylic oxidation sites excluding steroid dienone is 14. The molecule has 0 aliphatic carbocycles. The number of carbonyl (C=O) groups excluding carboxylic acids is 3. The van der Waals surface area contributed by atoms with Gasteiger partial charge in [0.25, 0.3) is 0 Å². The molecule has 0 rings (SSSR count).